The predicted molar refractivity (Wildman–Crippen MR) is 99.1 cm³/mol. The van der Waals surface area contributed by atoms with Crippen molar-refractivity contribution >= 4 is 29.6 Å². The predicted octanol–water partition coefficient (Wildman–Crippen LogP) is 3.79. The van der Waals surface area contributed by atoms with Crippen molar-refractivity contribution in [2.24, 2.45) is 0 Å². The molecule has 27 heavy (non-hydrogen) atoms. The molecule has 0 atom stereocenters. The molecule has 2 aromatic rings. The van der Waals surface area contributed by atoms with E-state index in [1.54, 1.807) is 30.3 Å². The van der Waals surface area contributed by atoms with Gasteiger partial charge in [0.2, 0.25) is 0 Å². The van der Waals surface area contributed by atoms with Crippen LogP contribution in [0.2, 0.25) is 0 Å². The fourth-order valence-electron chi connectivity index (χ4n) is 2.50. The summed E-state index contributed by atoms with van der Waals surface area (Å²) in [6.45, 7) is 6.02. The molecule has 0 spiro atoms. The fourth-order valence-corrected chi connectivity index (χ4v) is 2.50. The smallest absolute Gasteiger partial charge is 0.339 e. The van der Waals surface area contributed by atoms with Crippen LogP contribution in [0.25, 0.3) is 6.08 Å². The molecule has 0 aliphatic heterocycles. The summed E-state index contributed by atoms with van der Waals surface area (Å²) >= 11 is 0. The highest BCUT2D eigenvalue weighted by Crippen LogP contribution is 2.21. The van der Waals surface area contributed by atoms with Crippen molar-refractivity contribution in [3.05, 3.63) is 76.4 Å². The van der Waals surface area contributed by atoms with Crippen LogP contribution >= 0.6 is 0 Å². The summed E-state index contributed by atoms with van der Waals surface area (Å²) in [6, 6.07) is 9.28. The van der Waals surface area contributed by atoms with Crippen molar-refractivity contribution in [3.63, 3.8) is 0 Å². The Hall–Kier alpha value is -3.54. The van der Waals surface area contributed by atoms with Crippen molar-refractivity contribution in [1.82, 2.24) is 0 Å². The SMILES string of the molecule is C=Cc1ccc(COC(=O)c2cc(C(=O)O)c(C(C)=O)cc2C(C)=O)cc1. The maximum absolute atomic E-state index is 12.5. The van der Waals surface area contributed by atoms with E-state index >= 15 is 0 Å². The maximum Gasteiger partial charge on any atom is 0.339 e. The second kappa shape index (κ2) is 8.23. The first kappa shape index (κ1) is 19.8. The summed E-state index contributed by atoms with van der Waals surface area (Å²) in [4.78, 5) is 47.5. The molecule has 0 fully saturated rings. The van der Waals surface area contributed by atoms with E-state index in [-0.39, 0.29) is 28.9 Å². The lowest BCUT2D eigenvalue weighted by molar-refractivity contribution is 0.0469. The second-order valence-electron chi connectivity index (χ2n) is 5.88. The molecule has 0 amide bonds. The molecule has 0 unspecified atom stereocenters. The fraction of sp³-hybridized carbons (Fsp3) is 0.143. The molecular weight excluding hydrogens is 348 g/mol. The molecule has 0 aliphatic rings. The standard InChI is InChI=1S/C21H18O6/c1-4-14-5-7-15(8-6-14)11-27-21(26)19-10-18(20(24)25)16(12(2)22)9-17(19)13(3)23/h4-10H,1,11H2,2-3H3,(H,24,25). The first-order valence-corrected chi connectivity index (χ1v) is 8.06. The van der Waals surface area contributed by atoms with Crippen LogP contribution < -0.4 is 0 Å². The number of carbonyl (C=O) groups is 4. The summed E-state index contributed by atoms with van der Waals surface area (Å²) in [5, 5.41) is 9.31. The van der Waals surface area contributed by atoms with Crippen molar-refractivity contribution in [1.29, 1.82) is 0 Å². The number of Topliss-reactive ketones (excluding diaryl/α,β-unsaturated/α-hetero) is 2. The maximum atomic E-state index is 12.5. The van der Waals surface area contributed by atoms with E-state index in [1.807, 2.05) is 0 Å². The van der Waals surface area contributed by atoms with Crippen LogP contribution in [0.1, 0.15) is 66.4 Å². The molecule has 0 bridgehead atoms. The molecule has 0 aromatic heterocycles. The molecule has 2 rings (SSSR count). The van der Waals surface area contributed by atoms with Gasteiger partial charge in [-0.05, 0) is 37.1 Å². The molecule has 0 saturated carbocycles. The van der Waals surface area contributed by atoms with Gasteiger partial charge in [0.1, 0.15) is 6.61 Å². The van der Waals surface area contributed by atoms with Crippen LogP contribution in [0.3, 0.4) is 0 Å². The minimum Gasteiger partial charge on any atom is -0.478 e. The molecule has 0 aliphatic carbocycles. The van der Waals surface area contributed by atoms with Crippen LogP contribution in [-0.2, 0) is 11.3 Å². The van der Waals surface area contributed by atoms with Gasteiger partial charge in [-0.25, -0.2) is 9.59 Å². The Morgan fingerprint density at radius 1 is 0.926 bits per heavy atom. The number of ether oxygens (including phenoxy) is 1. The topological polar surface area (TPSA) is 97.7 Å². The molecule has 6 heteroatoms. The Morgan fingerprint density at radius 3 is 1.93 bits per heavy atom. The zero-order chi connectivity index (χ0) is 20.1. The summed E-state index contributed by atoms with van der Waals surface area (Å²) in [7, 11) is 0. The van der Waals surface area contributed by atoms with Gasteiger partial charge in [0.05, 0.1) is 11.1 Å². The number of esters is 1. The number of aromatic carboxylic acids is 1. The third-order valence-electron chi connectivity index (χ3n) is 3.95. The van der Waals surface area contributed by atoms with Crippen molar-refractivity contribution in [3.8, 4) is 0 Å². The number of benzene rings is 2. The summed E-state index contributed by atoms with van der Waals surface area (Å²) in [5.41, 5.74) is 0.899. The van der Waals surface area contributed by atoms with Crippen LogP contribution in [0.4, 0.5) is 0 Å². The van der Waals surface area contributed by atoms with Gasteiger partial charge >= 0.3 is 11.9 Å². The number of carbonyl (C=O) groups excluding carboxylic acids is 3. The largest absolute Gasteiger partial charge is 0.478 e. The molecule has 138 valence electrons. The molecule has 0 radical (unpaired) electrons. The van der Waals surface area contributed by atoms with Gasteiger partial charge < -0.3 is 9.84 Å². The van der Waals surface area contributed by atoms with E-state index in [2.05, 4.69) is 6.58 Å². The number of ketones is 2. The number of rotatable bonds is 7. The van der Waals surface area contributed by atoms with Gasteiger partial charge in [-0.15, -0.1) is 0 Å². The Bertz CT molecular complexity index is 938. The molecule has 0 saturated heterocycles. The van der Waals surface area contributed by atoms with Gasteiger partial charge in [0.15, 0.2) is 11.6 Å². The first-order chi connectivity index (χ1) is 12.7. The molecular formula is C21H18O6. The Labute approximate surface area is 156 Å². The first-order valence-electron chi connectivity index (χ1n) is 8.06. The minimum atomic E-state index is -1.37. The van der Waals surface area contributed by atoms with E-state index < -0.39 is 23.5 Å². The number of carboxylic acids is 1. The van der Waals surface area contributed by atoms with Gasteiger partial charge in [0.25, 0.3) is 0 Å². The number of hydrogen-bond acceptors (Lipinski definition) is 5. The van der Waals surface area contributed by atoms with E-state index in [0.717, 1.165) is 23.3 Å². The lowest BCUT2D eigenvalue weighted by atomic mass is 9.94. The average Bonchev–Trinajstić information content (AvgIpc) is 2.65. The monoisotopic (exact) mass is 366 g/mol. The third-order valence-corrected chi connectivity index (χ3v) is 3.95. The third kappa shape index (κ3) is 4.55. The zero-order valence-corrected chi connectivity index (χ0v) is 14.9. The van der Waals surface area contributed by atoms with Crippen LogP contribution in [0, 0.1) is 0 Å². The Balaban J connectivity index is 2.36. The van der Waals surface area contributed by atoms with Crippen molar-refractivity contribution in [2.75, 3.05) is 0 Å². The van der Waals surface area contributed by atoms with Gasteiger partial charge in [0, 0.05) is 11.1 Å². The van der Waals surface area contributed by atoms with E-state index in [1.165, 1.54) is 13.8 Å². The molecule has 6 nitrogen and oxygen atoms in total. The summed E-state index contributed by atoms with van der Waals surface area (Å²) in [6.07, 6.45) is 1.68. The Morgan fingerprint density at radius 2 is 1.44 bits per heavy atom. The summed E-state index contributed by atoms with van der Waals surface area (Å²) < 4.78 is 5.22. The molecule has 1 N–H and O–H groups in total. The highest BCUT2D eigenvalue weighted by molar-refractivity contribution is 6.12. The van der Waals surface area contributed by atoms with E-state index in [9.17, 15) is 24.3 Å². The zero-order valence-electron chi connectivity index (χ0n) is 14.9. The lowest BCUT2D eigenvalue weighted by Gasteiger charge is -2.12. The highest BCUT2D eigenvalue weighted by Gasteiger charge is 2.23. The summed E-state index contributed by atoms with van der Waals surface area (Å²) in [5.74, 6) is -3.20. The lowest BCUT2D eigenvalue weighted by Crippen LogP contribution is -2.16. The normalized spacial score (nSPS) is 10.1. The van der Waals surface area contributed by atoms with Crippen LogP contribution in [0.5, 0.6) is 0 Å². The van der Waals surface area contributed by atoms with Crippen molar-refractivity contribution < 1.29 is 29.0 Å². The second-order valence-corrected chi connectivity index (χ2v) is 5.88. The van der Waals surface area contributed by atoms with Crippen LogP contribution in [-0.4, -0.2) is 28.6 Å². The molecule has 0 heterocycles. The quantitative estimate of drug-likeness (QED) is 0.591. The van der Waals surface area contributed by atoms with Crippen LogP contribution in [0.15, 0.2) is 43.0 Å². The van der Waals surface area contributed by atoms with Crippen molar-refractivity contribution in [2.45, 2.75) is 20.5 Å². The van der Waals surface area contributed by atoms with Gasteiger partial charge in [-0.3, -0.25) is 9.59 Å². The van der Waals surface area contributed by atoms with E-state index in [4.69, 9.17) is 4.74 Å². The Kier molecular flexibility index (Phi) is 6.03. The van der Waals surface area contributed by atoms with E-state index in [0.29, 0.717) is 0 Å². The number of carboxylic acid groups (broad SMARTS) is 1. The van der Waals surface area contributed by atoms with Gasteiger partial charge in [-0.2, -0.15) is 0 Å². The minimum absolute atomic E-state index is 0.0511. The molecule has 2 aromatic carbocycles. The average molecular weight is 366 g/mol. The van der Waals surface area contributed by atoms with Gasteiger partial charge in [-0.1, -0.05) is 36.9 Å². The number of hydrogen-bond donors (Lipinski definition) is 1. The highest BCUT2D eigenvalue weighted by atomic mass is 16.5.